The highest BCUT2D eigenvalue weighted by Gasteiger charge is 2.52. The molecule has 146 valence electrons. The number of anilines is 1. The maximum Gasteiger partial charge on any atom is 0.492 e. The molecule has 1 heterocycles. The molecule has 0 atom stereocenters. The van der Waals surface area contributed by atoms with Gasteiger partial charge in [-0.3, -0.25) is 4.79 Å². The van der Waals surface area contributed by atoms with Crippen LogP contribution in [0.2, 0.25) is 0 Å². The van der Waals surface area contributed by atoms with Gasteiger partial charge in [0.05, 0.1) is 17.8 Å². The first-order chi connectivity index (χ1) is 13.1. The Morgan fingerprint density at radius 3 is 2.25 bits per heavy atom. The Bertz CT molecular complexity index is 890. The lowest BCUT2D eigenvalue weighted by molar-refractivity contribution is 0.00578. The number of carbonyl (C=O) groups excluding carboxylic acids is 1. The summed E-state index contributed by atoms with van der Waals surface area (Å²) in [5.74, 6) is -0.144. The quantitative estimate of drug-likeness (QED) is 0.472. The third-order valence-corrected chi connectivity index (χ3v) is 5.45. The molecule has 1 fully saturated rings. The summed E-state index contributed by atoms with van der Waals surface area (Å²) in [7, 11) is -0.652. The Hall–Kier alpha value is -2.41. The fraction of sp³-hybridized carbons (Fsp3) is 0.318. The largest absolute Gasteiger partial charge is 0.492 e. The lowest BCUT2D eigenvalue weighted by atomic mass is 9.77. The Kier molecular flexibility index (Phi) is 5.48. The first-order valence-corrected chi connectivity index (χ1v) is 9.31. The lowest BCUT2D eigenvalue weighted by Crippen LogP contribution is -2.41. The van der Waals surface area contributed by atoms with Crippen molar-refractivity contribution in [2.24, 2.45) is 0 Å². The van der Waals surface area contributed by atoms with E-state index in [0.717, 1.165) is 5.56 Å². The van der Waals surface area contributed by atoms with Crippen LogP contribution in [0.1, 0.15) is 49.2 Å². The van der Waals surface area contributed by atoms with Gasteiger partial charge in [0.15, 0.2) is 5.78 Å². The summed E-state index contributed by atoms with van der Waals surface area (Å²) in [6.07, 6.45) is 1.78. The van der Waals surface area contributed by atoms with E-state index in [1.165, 1.54) is 0 Å². The summed E-state index contributed by atoms with van der Waals surface area (Å²) in [5.41, 5.74) is 7.78. The topological polar surface area (TPSA) is 81.8 Å². The van der Waals surface area contributed by atoms with E-state index in [4.69, 9.17) is 15.0 Å². The van der Waals surface area contributed by atoms with Crippen LogP contribution in [-0.2, 0) is 9.31 Å². The van der Waals surface area contributed by atoms with Gasteiger partial charge in [-0.05, 0) is 50.9 Å². The summed E-state index contributed by atoms with van der Waals surface area (Å²) in [6.45, 7) is 7.62. The molecule has 0 amide bonds. The fourth-order valence-corrected chi connectivity index (χ4v) is 3.00. The van der Waals surface area contributed by atoms with Crippen LogP contribution in [0.5, 0.6) is 0 Å². The normalized spacial score (nSPS) is 18.3. The average molecular weight is 379 g/mol. The summed E-state index contributed by atoms with van der Waals surface area (Å²) in [4.78, 5) is 12.8. The molecule has 0 saturated carbocycles. The number of carbonyl (C=O) groups is 1. The molecule has 3 rings (SSSR count). The van der Waals surface area contributed by atoms with Crippen molar-refractivity contribution in [3.8, 4) is 0 Å². The SMILES string of the molecule is CC1(C)OB(C(=Cc2ccc(N)c(C(=O)c3ccccc3)c2)CO)OC1(C)C. The van der Waals surface area contributed by atoms with Crippen molar-refractivity contribution in [2.45, 2.75) is 38.9 Å². The number of ketones is 1. The standard InChI is InChI=1S/C22H26BNO4/c1-21(2)22(3,4)28-23(27-21)17(14-25)12-15-10-11-19(24)18(13-15)20(26)16-8-6-5-7-9-16/h5-13,25H,14,24H2,1-4H3. The van der Waals surface area contributed by atoms with E-state index in [2.05, 4.69) is 0 Å². The van der Waals surface area contributed by atoms with Gasteiger partial charge >= 0.3 is 7.12 Å². The highest BCUT2D eigenvalue weighted by molar-refractivity contribution is 6.55. The number of aliphatic hydroxyl groups excluding tert-OH is 1. The molecule has 0 spiro atoms. The maximum absolute atomic E-state index is 12.8. The van der Waals surface area contributed by atoms with Crippen molar-refractivity contribution < 1.29 is 19.2 Å². The number of hydrogen-bond donors (Lipinski definition) is 2. The number of benzene rings is 2. The van der Waals surface area contributed by atoms with Gasteiger partial charge in [-0.1, -0.05) is 42.5 Å². The van der Waals surface area contributed by atoms with Crippen LogP contribution >= 0.6 is 0 Å². The molecule has 1 aliphatic rings. The number of rotatable bonds is 5. The molecule has 0 unspecified atom stereocenters. The molecule has 0 aliphatic carbocycles. The second kappa shape index (κ2) is 7.55. The van der Waals surface area contributed by atoms with Crippen LogP contribution < -0.4 is 5.73 Å². The summed E-state index contributed by atoms with van der Waals surface area (Å²) < 4.78 is 12.0. The first kappa shape index (κ1) is 20.3. The Morgan fingerprint density at radius 2 is 1.68 bits per heavy atom. The van der Waals surface area contributed by atoms with E-state index in [1.54, 1.807) is 36.4 Å². The third-order valence-electron chi connectivity index (χ3n) is 5.45. The van der Waals surface area contributed by atoms with Gasteiger partial charge in [0, 0.05) is 16.8 Å². The van der Waals surface area contributed by atoms with Crippen LogP contribution in [0.3, 0.4) is 0 Å². The molecule has 28 heavy (non-hydrogen) atoms. The van der Waals surface area contributed by atoms with E-state index in [0.29, 0.717) is 22.3 Å². The van der Waals surface area contributed by atoms with Gasteiger partial charge < -0.3 is 20.1 Å². The van der Waals surface area contributed by atoms with Crippen molar-refractivity contribution in [3.63, 3.8) is 0 Å². The van der Waals surface area contributed by atoms with Gasteiger partial charge in [-0.2, -0.15) is 0 Å². The van der Waals surface area contributed by atoms with Crippen molar-refractivity contribution in [3.05, 3.63) is 70.7 Å². The molecular formula is C22H26BNO4. The predicted octanol–water partition coefficient (Wildman–Crippen LogP) is 3.51. The zero-order valence-electron chi connectivity index (χ0n) is 16.7. The minimum absolute atomic E-state index is 0.144. The molecule has 2 aromatic carbocycles. The van der Waals surface area contributed by atoms with E-state index < -0.39 is 18.3 Å². The minimum Gasteiger partial charge on any atom is -0.400 e. The molecule has 0 bridgehead atoms. The van der Waals surface area contributed by atoms with E-state index >= 15 is 0 Å². The molecule has 1 aliphatic heterocycles. The molecule has 6 heteroatoms. The maximum atomic E-state index is 12.8. The zero-order chi connectivity index (χ0) is 20.5. The highest BCUT2D eigenvalue weighted by Crippen LogP contribution is 2.38. The van der Waals surface area contributed by atoms with Crippen molar-refractivity contribution in [2.75, 3.05) is 12.3 Å². The van der Waals surface area contributed by atoms with Crippen LogP contribution in [-0.4, -0.2) is 35.8 Å². The van der Waals surface area contributed by atoms with Crippen LogP contribution in [0.25, 0.3) is 6.08 Å². The highest BCUT2D eigenvalue weighted by atomic mass is 16.7. The average Bonchev–Trinajstić information content (AvgIpc) is 2.88. The number of nitrogen functional groups attached to an aromatic ring is 1. The van der Waals surface area contributed by atoms with Crippen LogP contribution in [0, 0.1) is 0 Å². The molecule has 3 N–H and O–H groups in total. The molecule has 0 radical (unpaired) electrons. The number of aliphatic hydroxyl groups is 1. The zero-order valence-corrected chi connectivity index (χ0v) is 16.7. The predicted molar refractivity (Wildman–Crippen MR) is 112 cm³/mol. The molecule has 2 aromatic rings. The van der Waals surface area contributed by atoms with E-state index in [-0.39, 0.29) is 12.4 Å². The van der Waals surface area contributed by atoms with Gasteiger partial charge in [0.2, 0.25) is 0 Å². The van der Waals surface area contributed by atoms with Crippen molar-refractivity contribution in [1.82, 2.24) is 0 Å². The smallest absolute Gasteiger partial charge is 0.400 e. The molecule has 5 nitrogen and oxygen atoms in total. The summed E-state index contributed by atoms with van der Waals surface area (Å²) >= 11 is 0. The first-order valence-electron chi connectivity index (χ1n) is 9.31. The van der Waals surface area contributed by atoms with Gasteiger partial charge in [0.1, 0.15) is 0 Å². The molecular weight excluding hydrogens is 353 g/mol. The van der Waals surface area contributed by atoms with Crippen LogP contribution in [0.4, 0.5) is 5.69 Å². The Balaban J connectivity index is 1.92. The number of hydrogen-bond acceptors (Lipinski definition) is 5. The Morgan fingerprint density at radius 1 is 1.07 bits per heavy atom. The van der Waals surface area contributed by atoms with Crippen LogP contribution in [0.15, 0.2) is 54.0 Å². The minimum atomic E-state index is -0.652. The lowest BCUT2D eigenvalue weighted by Gasteiger charge is -2.32. The van der Waals surface area contributed by atoms with Gasteiger partial charge in [-0.15, -0.1) is 0 Å². The third kappa shape index (κ3) is 3.90. The molecule has 0 aromatic heterocycles. The fourth-order valence-electron chi connectivity index (χ4n) is 3.00. The van der Waals surface area contributed by atoms with E-state index in [9.17, 15) is 9.90 Å². The summed E-state index contributed by atoms with van der Waals surface area (Å²) in [5, 5.41) is 9.88. The van der Waals surface area contributed by atoms with E-state index in [1.807, 2.05) is 45.9 Å². The molecule has 1 saturated heterocycles. The Labute approximate surface area is 166 Å². The summed E-state index contributed by atoms with van der Waals surface area (Å²) in [6, 6.07) is 14.2. The van der Waals surface area contributed by atoms with Crippen molar-refractivity contribution in [1.29, 1.82) is 0 Å². The second-order valence-electron chi connectivity index (χ2n) is 8.01. The second-order valence-corrected chi connectivity index (χ2v) is 8.01. The monoisotopic (exact) mass is 379 g/mol. The van der Waals surface area contributed by atoms with Gasteiger partial charge in [0.25, 0.3) is 0 Å². The number of nitrogens with two attached hydrogens (primary N) is 1. The van der Waals surface area contributed by atoms with Gasteiger partial charge in [-0.25, -0.2) is 0 Å². The van der Waals surface area contributed by atoms with Crippen molar-refractivity contribution >= 4 is 24.7 Å².